The highest BCUT2D eigenvalue weighted by molar-refractivity contribution is 9.10. The maximum Gasteiger partial charge on any atom is 0.133 e. The third-order valence-electron chi connectivity index (χ3n) is 3.78. The first-order valence-electron chi connectivity index (χ1n) is 7.35. The van der Waals surface area contributed by atoms with Gasteiger partial charge in [-0.15, -0.1) is 0 Å². The van der Waals surface area contributed by atoms with Gasteiger partial charge in [0.15, 0.2) is 0 Å². The van der Waals surface area contributed by atoms with Crippen LogP contribution in [0.3, 0.4) is 0 Å². The minimum atomic E-state index is 0.731. The largest absolute Gasteiger partial charge is 0.491 e. The van der Waals surface area contributed by atoms with Crippen molar-refractivity contribution >= 4 is 15.9 Å². The summed E-state index contributed by atoms with van der Waals surface area (Å²) in [6.45, 7) is 4.89. The minimum absolute atomic E-state index is 0.731. The zero-order valence-electron chi connectivity index (χ0n) is 11.8. The third-order valence-corrected chi connectivity index (χ3v) is 4.40. The van der Waals surface area contributed by atoms with Crippen LogP contribution in [0.5, 0.6) is 5.75 Å². The number of aryl methyl sites for hydroxylation is 1. The molecule has 0 atom stereocenters. The lowest BCUT2D eigenvalue weighted by atomic mass is 9.89. The predicted octanol–water partition coefficient (Wildman–Crippen LogP) is 4.31. The number of hydrogen-bond donors (Lipinski definition) is 1. The van der Waals surface area contributed by atoms with Gasteiger partial charge in [0.05, 0.1) is 4.47 Å². The lowest BCUT2D eigenvalue weighted by Crippen LogP contribution is -2.28. The molecule has 3 heteroatoms. The average molecular weight is 326 g/mol. The molecule has 0 heterocycles. The van der Waals surface area contributed by atoms with Gasteiger partial charge in [-0.05, 0) is 65.9 Å². The molecular weight excluding hydrogens is 302 g/mol. The standard InChI is InChI=1S/C16H24BrNO/c1-13-7-8-16(15(17)11-13)19-10-9-18-12-14-5-3-2-4-6-14/h7-8,11,14,18H,2-6,9-10,12H2,1H3. The molecule has 1 N–H and O–H groups in total. The maximum atomic E-state index is 5.77. The Hall–Kier alpha value is -0.540. The average Bonchev–Trinajstić information content (AvgIpc) is 2.42. The Morgan fingerprint density at radius 3 is 2.79 bits per heavy atom. The van der Waals surface area contributed by atoms with E-state index in [-0.39, 0.29) is 0 Å². The normalized spacial score (nSPS) is 16.5. The molecule has 1 saturated carbocycles. The summed E-state index contributed by atoms with van der Waals surface area (Å²) in [7, 11) is 0. The van der Waals surface area contributed by atoms with Gasteiger partial charge < -0.3 is 10.1 Å². The molecule has 0 saturated heterocycles. The molecule has 2 nitrogen and oxygen atoms in total. The van der Waals surface area contributed by atoms with Crippen molar-refractivity contribution in [1.82, 2.24) is 5.32 Å². The smallest absolute Gasteiger partial charge is 0.133 e. The zero-order valence-corrected chi connectivity index (χ0v) is 13.3. The van der Waals surface area contributed by atoms with Crippen LogP contribution in [0.1, 0.15) is 37.7 Å². The molecule has 1 aliphatic rings. The van der Waals surface area contributed by atoms with Crippen molar-refractivity contribution in [3.05, 3.63) is 28.2 Å². The summed E-state index contributed by atoms with van der Waals surface area (Å²) < 4.78 is 6.81. The summed E-state index contributed by atoms with van der Waals surface area (Å²) in [6, 6.07) is 6.20. The second-order valence-corrected chi connectivity index (χ2v) is 6.34. The quantitative estimate of drug-likeness (QED) is 0.787. The van der Waals surface area contributed by atoms with E-state index in [1.54, 1.807) is 0 Å². The van der Waals surface area contributed by atoms with Crippen molar-refractivity contribution in [2.45, 2.75) is 39.0 Å². The number of ether oxygens (including phenoxy) is 1. The summed E-state index contributed by atoms with van der Waals surface area (Å²) in [6.07, 6.45) is 7.06. The van der Waals surface area contributed by atoms with E-state index in [1.165, 1.54) is 37.7 Å². The first-order chi connectivity index (χ1) is 9.25. The summed E-state index contributed by atoms with van der Waals surface area (Å²) >= 11 is 3.53. The number of benzene rings is 1. The van der Waals surface area contributed by atoms with Gasteiger partial charge in [0, 0.05) is 6.54 Å². The van der Waals surface area contributed by atoms with Crippen molar-refractivity contribution in [3.8, 4) is 5.75 Å². The van der Waals surface area contributed by atoms with Gasteiger partial charge in [-0.1, -0.05) is 25.3 Å². The summed E-state index contributed by atoms with van der Waals surface area (Å²) in [5, 5.41) is 3.52. The van der Waals surface area contributed by atoms with E-state index in [4.69, 9.17) is 4.74 Å². The molecule has 0 aliphatic heterocycles. The van der Waals surface area contributed by atoms with Gasteiger partial charge in [0.1, 0.15) is 12.4 Å². The van der Waals surface area contributed by atoms with E-state index in [2.05, 4.69) is 40.3 Å². The lowest BCUT2D eigenvalue weighted by Gasteiger charge is -2.21. The summed E-state index contributed by atoms with van der Waals surface area (Å²) in [4.78, 5) is 0. The maximum absolute atomic E-state index is 5.77. The van der Waals surface area contributed by atoms with E-state index >= 15 is 0 Å². The molecule has 0 amide bonds. The minimum Gasteiger partial charge on any atom is -0.491 e. The Balaban J connectivity index is 1.61. The highest BCUT2D eigenvalue weighted by atomic mass is 79.9. The molecule has 0 radical (unpaired) electrons. The summed E-state index contributed by atoms with van der Waals surface area (Å²) in [5.41, 5.74) is 1.25. The van der Waals surface area contributed by atoms with Crippen molar-refractivity contribution in [3.63, 3.8) is 0 Å². The highest BCUT2D eigenvalue weighted by Crippen LogP contribution is 2.25. The van der Waals surface area contributed by atoms with Crippen LogP contribution in [-0.2, 0) is 0 Å². The zero-order chi connectivity index (χ0) is 13.5. The molecule has 1 aromatic carbocycles. The fourth-order valence-electron chi connectivity index (χ4n) is 2.65. The van der Waals surface area contributed by atoms with Gasteiger partial charge in [0.2, 0.25) is 0 Å². The van der Waals surface area contributed by atoms with Crippen LogP contribution in [-0.4, -0.2) is 19.7 Å². The Morgan fingerprint density at radius 1 is 1.26 bits per heavy atom. The van der Waals surface area contributed by atoms with Crippen LogP contribution >= 0.6 is 15.9 Å². The van der Waals surface area contributed by atoms with E-state index in [9.17, 15) is 0 Å². The molecule has 1 aromatic rings. The molecule has 0 spiro atoms. The van der Waals surface area contributed by atoms with Crippen molar-refractivity contribution in [2.75, 3.05) is 19.7 Å². The molecule has 19 heavy (non-hydrogen) atoms. The SMILES string of the molecule is Cc1ccc(OCCNCC2CCCCC2)c(Br)c1. The molecule has 0 unspecified atom stereocenters. The van der Waals surface area contributed by atoms with Crippen LogP contribution in [0.2, 0.25) is 0 Å². The van der Waals surface area contributed by atoms with Crippen LogP contribution in [0.25, 0.3) is 0 Å². The molecule has 106 valence electrons. The van der Waals surface area contributed by atoms with Gasteiger partial charge in [-0.25, -0.2) is 0 Å². The van der Waals surface area contributed by atoms with Gasteiger partial charge in [-0.2, -0.15) is 0 Å². The number of hydrogen-bond acceptors (Lipinski definition) is 2. The van der Waals surface area contributed by atoms with Gasteiger partial charge in [0.25, 0.3) is 0 Å². The number of halogens is 1. The van der Waals surface area contributed by atoms with Crippen LogP contribution in [0.4, 0.5) is 0 Å². The number of rotatable bonds is 6. The third kappa shape index (κ3) is 5.15. The lowest BCUT2D eigenvalue weighted by molar-refractivity contribution is 0.293. The highest BCUT2D eigenvalue weighted by Gasteiger charge is 2.12. The topological polar surface area (TPSA) is 21.3 Å². The molecule has 2 rings (SSSR count). The van der Waals surface area contributed by atoms with Crippen molar-refractivity contribution in [2.24, 2.45) is 5.92 Å². The Morgan fingerprint density at radius 2 is 2.05 bits per heavy atom. The first-order valence-corrected chi connectivity index (χ1v) is 8.14. The first kappa shape index (κ1) is 14.9. The second-order valence-electron chi connectivity index (χ2n) is 5.49. The van der Waals surface area contributed by atoms with E-state index in [1.807, 2.05) is 6.07 Å². The molecule has 1 fully saturated rings. The van der Waals surface area contributed by atoms with Gasteiger partial charge >= 0.3 is 0 Å². The van der Waals surface area contributed by atoms with Crippen molar-refractivity contribution < 1.29 is 4.74 Å². The number of nitrogens with one attached hydrogen (secondary N) is 1. The second kappa shape index (κ2) is 7.91. The molecular formula is C16H24BrNO. The molecule has 0 bridgehead atoms. The van der Waals surface area contributed by atoms with E-state index in [0.717, 1.165) is 35.8 Å². The van der Waals surface area contributed by atoms with E-state index in [0.29, 0.717) is 0 Å². The summed E-state index contributed by atoms with van der Waals surface area (Å²) in [5.74, 6) is 1.82. The van der Waals surface area contributed by atoms with E-state index < -0.39 is 0 Å². The molecule has 0 aromatic heterocycles. The van der Waals surface area contributed by atoms with Crippen LogP contribution in [0.15, 0.2) is 22.7 Å². The monoisotopic (exact) mass is 325 g/mol. The van der Waals surface area contributed by atoms with Crippen molar-refractivity contribution in [1.29, 1.82) is 0 Å². The Bertz CT molecular complexity index is 388. The predicted molar refractivity (Wildman–Crippen MR) is 83.8 cm³/mol. The Kier molecular flexibility index (Phi) is 6.18. The fourth-order valence-corrected chi connectivity index (χ4v) is 3.26. The Labute approximate surface area is 125 Å². The van der Waals surface area contributed by atoms with Gasteiger partial charge in [-0.3, -0.25) is 0 Å². The fraction of sp³-hybridized carbons (Fsp3) is 0.625. The molecule has 1 aliphatic carbocycles. The van der Waals surface area contributed by atoms with Crippen LogP contribution < -0.4 is 10.1 Å². The van der Waals surface area contributed by atoms with Crippen LogP contribution in [0, 0.1) is 12.8 Å².